The van der Waals surface area contributed by atoms with Crippen LogP contribution in [0.15, 0.2) is 48.5 Å². The van der Waals surface area contributed by atoms with E-state index >= 15 is 0 Å². The molecule has 0 N–H and O–H groups in total. The summed E-state index contributed by atoms with van der Waals surface area (Å²) in [6.07, 6.45) is 16.0. The number of fused-ring (bicyclic) bond motifs is 1. The van der Waals surface area contributed by atoms with E-state index in [2.05, 4.69) is 88.3 Å². The summed E-state index contributed by atoms with van der Waals surface area (Å²) >= 11 is 0. The lowest BCUT2D eigenvalue weighted by atomic mass is 9.78. The monoisotopic (exact) mass is 499 g/mol. The van der Waals surface area contributed by atoms with Gasteiger partial charge in [-0.3, -0.25) is 0 Å². The van der Waals surface area contributed by atoms with Gasteiger partial charge in [0.15, 0.2) is 0 Å². The zero-order valence-corrected chi connectivity index (χ0v) is 24.1. The number of anilines is 1. The third-order valence-corrected chi connectivity index (χ3v) is 8.43. The maximum atomic E-state index is 4.89. The molecule has 0 amide bonds. The van der Waals surface area contributed by atoms with Crippen molar-refractivity contribution in [2.75, 3.05) is 19.0 Å². The summed E-state index contributed by atoms with van der Waals surface area (Å²) in [5.41, 5.74) is 4.25. The van der Waals surface area contributed by atoms with Crippen LogP contribution in [0.3, 0.4) is 0 Å². The lowest BCUT2D eigenvalue weighted by Crippen LogP contribution is -2.15. The van der Waals surface area contributed by atoms with Crippen LogP contribution in [0.25, 0.3) is 10.9 Å². The zero-order valence-electron chi connectivity index (χ0n) is 24.1. The van der Waals surface area contributed by atoms with Crippen LogP contribution in [0.5, 0.6) is 0 Å². The molecule has 0 bridgehead atoms. The topological polar surface area (TPSA) is 29.0 Å². The minimum Gasteiger partial charge on any atom is -0.362 e. The Morgan fingerprint density at radius 1 is 0.730 bits per heavy atom. The smallest absolute Gasteiger partial charge is 0.139 e. The van der Waals surface area contributed by atoms with Crippen molar-refractivity contribution in [3.05, 3.63) is 65.5 Å². The highest BCUT2D eigenvalue weighted by Gasteiger charge is 2.21. The van der Waals surface area contributed by atoms with Gasteiger partial charge in [-0.05, 0) is 59.8 Å². The Kier molecular flexibility index (Phi) is 9.62. The molecule has 2 aromatic carbocycles. The van der Waals surface area contributed by atoms with Crippen LogP contribution in [-0.2, 0) is 18.3 Å². The Morgan fingerprint density at radius 3 is 2.03 bits per heavy atom. The number of aryl methyl sites for hydroxylation is 2. The first-order chi connectivity index (χ1) is 17.8. The fourth-order valence-electron chi connectivity index (χ4n) is 6.03. The Balaban J connectivity index is 1.11. The second-order valence-electron chi connectivity index (χ2n) is 12.7. The highest BCUT2D eigenvalue weighted by molar-refractivity contribution is 5.89. The van der Waals surface area contributed by atoms with Crippen molar-refractivity contribution in [1.29, 1.82) is 0 Å². The summed E-state index contributed by atoms with van der Waals surface area (Å²) in [5, 5.41) is 1.14. The summed E-state index contributed by atoms with van der Waals surface area (Å²) in [5.74, 6) is 3.91. The van der Waals surface area contributed by atoms with Crippen LogP contribution in [-0.4, -0.2) is 24.1 Å². The summed E-state index contributed by atoms with van der Waals surface area (Å²) in [4.78, 5) is 11.9. The Bertz CT molecular complexity index is 1100. The fourth-order valence-corrected chi connectivity index (χ4v) is 6.03. The Morgan fingerprint density at radius 2 is 1.38 bits per heavy atom. The molecule has 1 aromatic heterocycles. The molecule has 3 heteroatoms. The van der Waals surface area contributed by atoms with E-state index in [1.54, 1.807) is 0 Å². The van der Waals surface area contributed by atoms with Gasteiger partial charge in [-0.25, -0.2) is 9.97 Å². The van der Waals surface area contributed by atoms with E-state index in [-0.39, 0.29) is 5.41 Å². The number of benzene rings is 2. The molecule has 1 aliphatic rings. The third kappa shape index (κ3) is 8.03. The second-order valence-corrected chi connectivity index (χ2v) is 12.7. The number of unbranched alkanes of at least 4 members (excludes halogenated alkanes) is 2. The van der Waals surface area contributed by atoms with Gasteiger partial charge in [0, 0.05) is 25.9 Å². The van der Waals surface area contributed by atoms with Crippen LogP contribution >= 0.6 is 0 Å². The molecule has 37 heavy (non-hydrogen) atoms. The molecule has 0 aliphatic heterocycles. The zero-order chi connectivity index (χ0) is 26.3. The number of nitrogens with zero attached hydrogens (tertiary/aromatic N) is 3. The molecular formula is C34H49N3. The van der Waals surface area contributed by atoms with Gasteiger partial charge in [-0.2, -0.15) is 0 Å². The number of para-hydroxylation sites is 1. The molecule has 200 valence electrons. The minimum absolute atomic E-state index is 0.249. The van der Waals surface area contributed by atoms with Crippen molar-refractivity contribution in [2.45, 2.75) is 103 Å². The first kappa shape index (κ1) is 27.6. The van der Waals surface area contributed by atoms with Gasteiger partial charge in [0.25, 0.3) is 0 Å². The van der Waals surface area contributed by atoms with E-state index < -0.39 is 0 Å². The number of aromatic nitrogens is 2. The van der Waals surface area contributed by atoms with Crippen LogP contribution in [0.2, 0.25) is 0 Å². The van der Waals surface area contributed by atoms with Gasteiger partial charge >= 0.3 is 0 Å². The minimum atomic E-state index is 0.249. The third-order valence-electron chi connectivity index (χ3n) is 8.43. The van der Waals surface area contributed by atoms with Crippen molar-refractivity contribution in [1.82, 2.24) is 9.97 Å². The summed E-state index contributed by atoms with van der Waals surface area (Å²) in [6, 6.07) is 17.7. The van der Waals surface area contributed by atoms with Gasteiger partial charge < -0.3 is 4.90 Å². The van der Waals surface area contributed by atoms with E-state index in [4.69, 9.17) is 9.97 Å². The summed E-state index contributed by atoms with van der Waals surface area (Å²) in [7, 11) is 4.14. The normalized spacial score (nSPS) is 18.3. The van der Waals surface area contributed by atoms with Gasteiger partial charge in [0.05, 0.1) is 5.52 Å². The predicted octanol–water partition coefficient (Wildman–Crippen LogP) is 8.93. The van der Waals surface area contributed by atoms with Gasteiger partial charge in [-0.1, -0.05) is 109 Å². The van der Waals surface area contributed by atoms with Crippen LogP contribution in [0.1, 0.15) is 102 Å². The molecule has 0 spiro atoms. The van der Waals surface area contributed by atoms with Gasteiger partial charge in [-0.15, -0.1) is 0 Å². The molecule has 4 rings (SSSR count). The van der Waals surface area contributed by atoms with E-state index in [1.807, 2.05) is 0 Å². The number of hydrogen-bond acceptors (Lipinski definition) is 3. The summed E-state index contributed by atoms with van der Waals surface area (Å²) < 4.78 is 0. The first-order valence-corrected chi connectivity index (χ1v) is 14.8. The van der Waals surface area contributed by atoms with Crippen molar-refractivity contribution < 1.29 is 0 Å². The van der Waals surface area contributed by atoms with Gasteiger partial charge in [0.1, 0.15) is 11.6 Å². The Labute approximate surface area is 226 Å². The van der Waals surface area contributed by atoms with Crippen molar-refractivity contribution >= 4 is 16.7 Å². The number of rotatable bonds is 11. The van der Waals surface area contributed by atoms with E-state index in [9.17, 15) is 0 Å². The standard InChI is InChI=1S/C34H49N3/c1-34(2,3)29-24-22-27(23-25-29)13-8-6-7-12-26-18-20-28(21-19-26)14-11-17-32-35-31-16-10-9-15-30(31)33(36-32)37(4)5/h9-10,15-16,22-26,28H,6-8,11-14,17-21H2,1-5H3. The molecule has 1 heterocycles. The summed E-state index contributed by atoms with van der Waals surface area (Å²) in [6.45, 7) is 6.87. The van der Waals surface area contributed by atoms with Crippen LogP contribution in [0.4, 0.5) is 5.82 Å². The van der Waals surface area contributed by atoms with E-state index in [1.165, 1.54) is 81.8 Å². The van der Waals surface area contributed by atoms with Crippen LogP contribution < -0.4 is 4.90 Å². The van der Waals surface area contributed by atoms with Crippen molar-refractivity contribution in [3.63, 3.8) is 0 Å². The molecule has 1 aliphatic carbocycles. The van der Waals surface area contributed by atoms with Gasteiger partial charge in [0.2, 0.25) is 0 Å². The number of hydrogen-bond donors (Lipinski definition) is 0. The average Bonchev–Trinajstić information content (AvgIpc) is 2.88. The largest absolute Gasteiger partial charge is 0.362 e. The second kappa shape index (κ2) is 12.9. The quantitative estimate of drug-likeness (QED) is 0.247. The molecule has 0 radical (unpaired) electrons. The first-order valence-electron chi connectivity index (χ1n) is 14.8. The van der Waals surface area contributed by atoms with E-state index in [0.29, 0.717) is 0 Å². The highest BCUT2D eigenvalue weighted by atomic mass is 15.1. The molecule has 0 unspecified atom stereocenters. The molecular weight excluding hydrogens is 450 g/mol. The highest BCUT2D eigenvalue weighted by Crippen LogP contribution is 2.34. The molecule has 1 saturated carbocycles. The van der Waals surface area contributed by atoms with Crippen LogP contribution in [0, 0.1) is 11.8 Å². The lowest BCUT2D eigenvalue weighted by Gasteiger charge is -2.28. The molecule has 1 fully saturated rings. The molecule has 3 aromatic rings. The maximum Gasteiger partial charge on any atom is 0.139 e. The molecule has 0 saturated heterocycles. The SMILES string of the molecule is CN(C)c1nc(CCCC2CCC(CCCCCc3ccc(C(C)(C)C)cc3)CC2)nc2ccccc12. The van der Waals surface area contributed by atoms with Crippen molar-refractivity contribution in [2.24, 2.45) is 11.8 Å². The predicted molar refractivity (Wildman–Crippen MR) is 160 cm³/mol. The molecule has 3 nitrogen and oxygen atoms in total. The average molecular weight is 500 g/mol. The molecule has 0 atom stereocenters. The van der Waals surface area contributed by atoms with Crippen molar-refractivity contribution in [3.8, 4) is 0 Å². The lowest BCUT2D eigenvalue weighted by molar-refractivity contribution is 0.245. The Hall–Kier alpha value is -2.42. The fraction of sp³-hybridized carbons (Fsp3) is 0.588. The maximum absolute atomic E-state index is 4.89. The van der Waals surface area contributed by atoms with E-state index in [0.717, 1.165) is 40.8 Å².